The molecule has 156 valence electrons. The van der Waals surface area contributed by atoms with Gasteiger partial charge in [-0.25, -0.2) is 0 Å². The van der Waals surface area contributed by atoms with E-state index in [2.05, 4.69) is 5.32 Å². The molecular formula is C24H25NO5. The van der Waals surface area contributed by atoms with Gasteiger partial charge in [0.05, 0.1) is 27.8 Å². The largest absolute Gasteiger partial charge is 0.493 e. The van der Waals surface area contributed by atoms with Gasteiger partial charge in [-0.05, 0) is 61.0 Å². The Labute approximate surface area is 176 Å². The first-order valence-electron chi connectivity index (χ1n) is 9.45. The Kier molecular flexibility index (Phi) is 6.80. The summed E-state index contributed by atoms with van der Waals surface area (Å²) in [5.74, 6) is 2.82. The maximum atomic E-state index is 12.5. The molecule has 0 radical (unpaired) electrons. The summed E-state index contributed by atoms with van der Waals surface area (Å²) >= 11 is 0. The Morgan fingerprint density at radius 2 is 1.33 bits per heavy atom. The van der Waals surface area contributed by atoms with Crippen LogP contribution in [0.5, 0.6) is 28.7 Å². The Morgan fingerprint density at radius 1 is 0.800 bits per heavy atom. The number of anilines is 1. The van der Waals surface area contributed by atoms with Crippen LogP contribution in [0.2, 0.25) is 0 Å². The third-order valence-corrected chi connectivity index (χ3v) is 4.48. The lowest BCUT2D eigenvalue weighted by molar-refractivity contribution is -0.115. The third-order valence-electron chi connectivity index (χ3n) is 4.48. The number of ether oxygens (including phenoxy) is 4. The summed E-state index contributed by atoms with van der Waals surface area (Å²) in [5, 5.41) is 2.89. The van der Waals surface area contributed by atoms with Gasteiger partial charge in [0.1, 0.15) is 11.5 Å². The lowest BCUT2D eigenvalue weighted by Crippen LogP contribution is -2.14. The SMILES string of the molecule is COc1cc(CC(=O)Nc2ccc(Oc3ccc(C)cc3)cc2)cc(OC)c1OC. The standard InChI is InChI=1S/C24H25NO5/c1-16-5-9-19(10-6-16)30-20-11-7-18(8-12-20)25-23(26)15-17-13-21(27-2)24(29-4)22(14-17)28-3/h5-14H,15H2,1-4H3,(H,25,26). The number of carbonyl (C=O) groups excluding carboxylic acids is 1. The number of rotatable bonds is 8. The number of hydrogen-bond donors (Lipinski definition) is 1. The summed E-state index contributed by atoms with van der Waals surface area (Å²) in [6.07, 6.45) is 0.165. The molecule has 0 unspecified atom stereocenters. The van der Waals surface area contributed by atoms with Crippen LogP contribution >= 0.6 is 0 Å². The zero-order valence-corrected chi connectivity index (χ0v) is 17.5. The third kappa shape index (κ3) is 5.23. The molecule has 0 aromatic heterocycles. The van der Waals surface area contributed by atoms with Crippen molar-refractivity contribution in [3.8, 4) is 28.7 Å². The van der Waals surface area contributed by atoms with Gasteiger partial charge in [0, 0.05) is 5.69 Å². The van der Waals surface area contributed by atoms with Crippen LogP contribution in [0.4, 0.5) is 5.69 Å². The van der Waals surface area contributed by atoms with Gasteiger partial charge in [-0.15, -0.1) is 0 Å². The molecule has 0 fully saturated rings. The van der Waals surface area contributed by atoms with E-state index in [1.54, 1.807) is 45.6 Å². The van der Waals surface area contributed by atoms with Crippen LogP contribution in [-0.2, 0) is 11.2 Å². The van der Waals surface area contributed by atoms with Crippen LogP contribution in [-0.4, -0.2) is 27.2 Å². The quantitative estimate of drug-likeness (QED) is 0.570. The van der Waals surface area contributed by atoms with E-state index in [4.69, 9.17) is 18.9 Å². The van der Waals surface area contributed by atoms with Crippen LogP contribution in [0.25, 0.3) is 0 Å². The molecule has 0 aliphatic rings. The van der Waals surface area contributed by atoms with Gasteiger partial charge in [-0.3, -0.25) is 4.79 Å². The fourth-order valence-electron chi connectivity index (χ4n) is 2.98. The highest BCUT2D eigenvalue weighted by molar-refractivity contribution is 5.92. The molecule has 30 heavy (non-hydrogen) atoms. The number of aryl methyl sites for hydroxylation is 1. The molecule has 6 nitrogen and oxygen atoms in total. The lowest BCUT2D eigenvalue weighted by Gasteiger charge is -2.14. The van der Waals surface area contributed by atoms with Crippen molar-refractivity contribution >= 4 is 11.6 Å². The summed E-state index contributed by atoms with van der Waals surface area (Å²) in [4.78, 5) is 12.5. The second-order valence-corrected chi connectivity index (χ2v) is 6.70. The molecule has 3 rings (SSSR count). The van der Waals surface area contributed by atoms with E-state index in [0.29, 0.717) is 28.7 Å². The number of benzene rings is 3. The highest BCUT2D eigenvalue weighted by Crippen LogP contribution is 2.38. The highest BCUT2D eigenvalue weighted by Gasteiger charge is 2.15. The molecule has 3 aromatic carbocycles. The topological polar surface area (TPSA) is 66.0 Å². The summed E-state index contributed by atoms with van der Waals surface area (Å²) < 4.78 is 21.8. The van der Waals surface area contributed by atoms with E-state index in [9.17, 15) is 4.79 Å². The maximum Gasteiger partial charge on any atom is 0.228 e. The summed E-state index contributed by atoms with van der Waals surface area (Å²) in [6, 6.07) is 18.6. The van der Waals surface area contributed by atoms with Crippen LogP contribution in [0.15, 0.2) is 60.7 Å². The van der Waals surface area contributed by atoms with E-state index in [0.717, 1.165) is 11.3 Å². The maximum absolute atomic E-state index is 12.5. The zero-order chi connectivity index (χ0) is 21.5. The summed E-state index contributed by atoms with van der Waals surface area (Å²) in [6.45, 7) is 2.03. The monoisotopic (exact) mass is 407 g/mol. The van der Waals surface area contributed by atoms with Gasteiger partial charge in [0.15, 0.2) is 11.5 Å². The number of methoxy groups -OCH3 is 3. The highest BCUT2D eigenvalue weighted by atomic mass is 16.5. The van der Waals surface area contributed by atoms with Crippen molar-refractivity contribution in [1.82, 2.24) is 0 Å². The molecule has 3 aromatic rings. The molecule has 0 bridgehead atoms. The van der Waals surface area contributed by atoms with E-state index >= 15 is 0 Å². The van der Waals surface area contributed by atoms with Gasteiger partial charge in [0.2, 0.25) is 11.7 Å². The average Bonchev–Trinajstić information content (AvgIpc) is 2.75. The van der Waals surface area contributed by atoms with Gasteiger partial charge >= 0.3 is 0 Å². The molecular weight excluding hydrogens is 382 g/mol. The minimum Gasteiger partial charge on any atom is -0.493 e. The molecule has 0 atom stereocenters. The second-order valence-electron chi connectivity index (χ2n) is 6.70. The van der Waals surface area contributed by atoms with E-state index in [-0.39, 0.29) is 12.3 Å². The van der Waals surface area contributed by atoms with Crippen molar-refractivity contribution in [2.24, 2.45) is 0 Å². The van der Waals surface area contributed by atoms with Crippen molar-refractivity contribution in [2.75, 3.05) is 26.6 Å². The van der Waals surface area contributed by atoms with Gasteiger partial charge in [0.25, 0.3) is 0 Å². The van der Waals surface area contributed by atoms with Crippen LogP contribution in [0.3, 0.4) is 0 Å². The summed E-state index contributed by atoms with van der Waals surface area (Å²) in [5.41, 5.74) is 2.61. The Hall–Kier alpha value is -3.67. The van der Waals surface area contributed by atoms with Gasteiger partial charge in [-0.1, -0.05) is 17.7 Å². The molecule has 1 N–H and O–H groups in total. The first-order chi connectivity index (χ1) is 14.5. The lowest BCUT2D eigenvalue weighted by atomic mass is 10.1. The number of hydrogen-bond acceptors (Lipinski definition) is 5. The van der Waals surface area contributed by atoms with Crippen molar-refractivity contribution in [2.45, 2.75) is 13.3 Å². The van der Waals surface area contributed by atoms with Crippen LogP contribution in [0.1, 0.15) is 11.1 Å². The van der Waals surface area contributed by atoms with Crippen molar-refractivity contribution in [3.05, 3.63) is 71.8 Å². The second kappa shape index (κ2) is 9.69. The molecule has 0 aliphatic carbocycles. The Balaban J connectivity index is 1.64. The predicted octanol–water partition coefficient (Wildman–Crippen LogP) is 4.99. The molecule has 0 aliphatic heterocycles. The molecule has 0 saturated heterocycles. The number of amides is 1. The number of carbonyl (C=O) groups is 1. The predicted molar refractivity (Wildman–Crippen MR) is 116 cm³/mol. The summed E-state index contributed by atoms with van der Waals surface area (Å²) in [7, 11) is 4.63. The fraction of sp³-hybridized carbons (Fsp3) is 0.208. The number of nitrogens with one attached hydrogen (secondary N) is 1. The Bertz CT molecular complexity index is 972. The van der Waals surface area contributed by atoms with Gasteiger partial charge < -0.3 is 24.3 Å². The molecule has 0 spiro atoms. The average molecular weight is 407 g/mol. The van der Waals surface area contributed by atoms with Crippen molar-refractivity contribution in [3.63, 3.8) is 0 Å². The zero-order valence-electron chi connectivity index (χ0n) is 17.5. The molecule has 1 amide bonds. The van der Waals surface area contributed by atoms with E-state index in [1.165, 1.54) is 5.56 Å². The smallest absolute Gasteiger partial charge is 0.228 e. The minimum absolute atomic E-state index is 0.156. The van der Waals surface area contributed by atoms with Crippen LogP contribution < -0.4 is 24.3 Å². The van der Waals surface area contributed by atoms with Crippen molar-refractivity contribution in [1.29, 1.82) is 0 Å². The first kappa shape index (κ1) is 21.0. The van der Waals surface area contributed by atoms with Crippen LogP contribution in [0, 0.1) is 6.92 Å². The van der Waals surface area contributed by atoms with E-state index in [1.807, 2.05) is 43.3 Å². The molecule has 0 heterocycles. The normalized spacial score (nSPS) is 10.3. The first-order valence-corrected chi connectivity index (χ1v) is 9.45. The molecule has 6 heteroatoms. The van der Waals surface area contributed by atoms with Crippen molar-refractivity contribution < 1.29 is 23.7 Å². The molecule has 0 saturated carbocycles. The van der Waals surface area contributed by atoms with E-state index < -0.39 is 0 Å². The minimum atomic E-state index is -0.156. The van der Waals surface area contributed by atoms with Gasteiger partial charge in [-0.2, -0.15) is 0 Å². The fourth-order valence-corrected chi connectivity index (χ4v) is 2.98. The Morgan fingerprint density at radius 3 is 1.83 bits per heavy atom.